The molecule has 0 aliphatic heterocycles. The second-order valence-electron chi connectivity index (χ2n) is 14.0. The van der Waals surface area contributed by atoms with E-state index >= 15 is 0 Å². The molecular weight excluding hydrogens is 544 g/mol. The van der Waals surface area contributed by atoms with Crippen LogP contribution in [0.15, 0.2) is 124 Å². The molecule has 0 saturated heterocycles. The summed E-state index contributed by atoms with van der Waals surface area (Å²) in [4.78, 5) is 12.2. The average Bonchev–Trinajstić information content (AvgIpc) is 2.87. The average molecular weight is 599 g/mol. The molecule has 0 unspecified atom stereocenters. The maximum atomic E-state index is 12.2. The van der Waals surface area contributed by atoms with E-state index in [1.165, 1.54) is 0 Å². The maximum Gasteiger partial charge on any atom is 0.187 e. The van der Waals surface area contributed by atoms with Crippen LogP contribution in [0.4, 0.5) is 0 Å². The summed E-state index contributed by atoms with van der Waals surface area (Å²) in [6, 6.07) is 0. The van der Waals surface area contributed by atoms with Crippen molar-refractivity contribution in [2.75, 3.05) is 0 Å². The van der Waals surface area contributed by atoms with Gasteiger partial charge in [0.15, 0.2) is 5.78 Å². The molecule has 44 heavy (non-hydrogen) atoms. The van der Waals surface area contributed by atoms with Crippen molar-refractivity contribution in [2.24, 2.45) is 10.8 Å². The van der Waals surface area contributed by atoms with Crippen LogP contribution in [0.25, 0.3) is 0 Å². The fourth-order valence-corrected chi connectivity index (χ4v) is 6.06. The Labute approximate surface area is 266 Å². The van der Waals surface area contributed by atoms with Gasteiger partial charge in [0.05, 0.1) is 11.7 Å². The second kappa shape index (κ2) is 15.6. The number of allylic oxidation sites excluding steroid dienone is 17. The Bertz CT molecular complexity index is 1400. The van der Waals surface area contributed by atoms with Gasteiger partial charge >= 0.3 is 0 Å². The number of carbonyl (C=O) groups excluding carboxylic acids is 1. The molecule has 3 atom stereocenters. The summed E-state index contributed by atoms with van der Waals surface area (Å²) in [7, 11) is 0. The summed E-state index contributed by atoms with van der Waals surface area (Å²) in [5, 5.41) is 31.0. The molecule has 2 aliphatic rings. The van der Waals surface area contributed by atoms with Crippen LogP contribution in [0, 0.1) is 10.8 Å². The third-order valence-corrected chi connectivity index (χ3v) is 8.33. The van der Waals surface area contributed by atoms with Crippen LogP contribution in [-0.4, -0.2) is 38.9 Å². The summed E-state index contributed by atoms with van der Waals surface area (Å²) < 4.78 is 0. The number of carbonyl (C=O) groups is 1. The summed E-state index contributed by atoms with van der Waals surface area (Å²) in [6.45, 7) is 19.9. The maximum absolute atomic E-state index is 12.2. The quantitative estimate of drug-likeness (QED) is 0.183. The minimum atomic E-state index is -1.06. The number of ketones is 1. The van der Waals surface area contributed by atoms with Crippen LogP contribution in [0.5, 0.6) is 0 Å². The SMILES string of the molecule is CC1=C(/C=C/C(C)=C/C=C/C(C)=C/C=C/C=C(C)/C=C/C=C(\C)C=C=C2C(C)(C)C[C@H](O)C[C@@]2(C)O)C(C)(C)C[C@H](O)C1=O. The first-order valence-corrected chi connectivity index (χ1v) is 15.6. The molecule has 0 aromatic carbocycles. The van der Waals surface area contributed by atoms with Gasteiger partial charge in [0.2, 0.25) is 0 Å². The Balaban J connectivity index is 1.97. The zero-order valence-corrected chi connectivity index (χ0v) is 28.5. The molecule has 1 saturated carbocycles. The minimum absolute atomic E-state index is 0.174. The number of hydrogen-bond donors (Lipinski definition) is 3. The highest BCUT2D eigenvalue weighted by molar-refractivity contribution is 6.00. The Kier molecular flexibility index (Phi) is 13.1. The molecule has 4 nitrogen and oxygen atoms in total. The smallest absolute Gasteiger partial charge is 0.187 e. The minimum Gasteiger partial charge on any atom is -0.393 e. The molecule has 0 radical (unpaired) electrons. The lowest BCUT2D eigenvalue weighted by Crippen LogP contribution is -2.45. The molecule has 2 rings (SSSR count). The topological polar surface area (TPSA) is 77.8 Å². The Morgan fingerprint density at radius 2 is 1.23 bits per heavy atom. The lowest BCUT2D eigenvalue weighted by molar-refractivity contribution is -0.125. The Morgan fingerprint density at radius 3 is 1.77 bits per heavy atom. The molecule has 0 aromatic heterocycles. The van der Waals surface area contributed by atoms with Crippen molar-refractivity contribution in [1.29, 1.82) is 0 Å². The van der Waals surface area contributed by atoms with Crippen molar-refractivity contribution < 1.29 is 20.1 Å². The molecular formula is C40H54O4. The van der Waals surface area contributed by atoms with Crippen LogP contribution >= 0.6 is 0 Å². The third-order valence-electron chi connectivity index (χ3n) is 8.33. The van der Waals surface area contributed by atoms with Gasteiger partial charge in [0.1, 0.15) is 6.10 Å². The standard InChI is InChI=1S/C40H54O4/c1-28(17-13-19-30(3)21-23-34-32(5)37(43)35(42)27-38(34,6)7)15-11-12-16-29(2)18-14-20-31(4)22-24-36-39(8,9)25-33(41)26-40(36,10)44/h11-23,33,35,41-42,44H,25-27H2,1-10H3/b12-11+,17-13+,18-14+,23-21+,28-15+,29-16+,30-19+,31-20+/t24?,33-,35-,40+/m0/s1. The van der Waals surface area contributed by atoms with E-state index in [4.69, 9.17) is 0 Å². The molecule has 0 spiro atoms. The third kappa shape index (κ3) is 11.0. The van der Waals surface area contributed by atoms with Crippen molar-refractivity contribution in [2.45, 2.75) is 106 Å². The second-order valence-corrected chi connectivity index (χ2v) is 14.0. The van der Waals surface area contributed by atoms with E-state index in [-0.39, 0.29) is 16.6 Å². The van der Waals surface area contributed by atoms with Crippen molar-refractivity contribution in [3.05, 3.63) is 124 Å². The monoisotopic (exact) mass is 598 g/mol. The van der Waals surface area contributed by atoms with E-state index in [0.29, 0.717) is 24.8 Å². The van der Waals surface area contributed by atoms with Gasteiger partial charge in [-0.15, -0.1) is 5.73 Å². The van der Waals surface area contributed by atoms with Crippen LogP contribution in [0.3, 0.4) is 0 Å². The Morgan fingerprint density at radius 1 is 0.727 bits per heavy atom. The van der Waals surface area contributed by atoms with Crippen molar-refractivity contribution in [1.82, 2.24) is 0 Å². The first kappa shape index (κ1) is 36.9. The van der Waals surface area contributed by atoms with Gasteiger partial charge in [-0.2, -0.15) is 0 Å². The highest BCUT2D eigenvalue weighted by Gasteiger charge is 2.44. The summed E-state index contributed by atoms with van der Waals surface area (Å²) >= 11 is 0. The fraction of sp³-hybridized carbons (Fsp3) is 0.450. The van der Waals surface area contributed by atoms with Crippen LogP contribution < -0.4 is 0 Å². The van der Waals surface area contributed by atoms with E-state index in [9.17, 15) is 20.1 Å². The molecule has 3 N–H and O–H groups in total. The van der Waals surface area contributed by atoms with E-state index < -0.39 is 17.8 Å². The van der Waals surface area contributed by atoms with Crippen LogP contribution in [-0.2, 0) is 4.79 Å². The van der Waals surface area contributed by atoms with Gasteiger partial charge in [0, 0.05) is 12.0 Å². The fourth-order valence-electron chi connectivity index (χ4n) is 6.06. The highest BCUT2D eigenvalue weighted by Crippen LogP contribution is 2.45. The van der Waals surface area contributed by atoms with Gasteiger partial charge in [-0.3, -0.25) is 4.79 Å². The van der Waals surface area contributed by atoms with Crippen molar-refractivity contribution in [3.63, 3.8) is 0 Å². The van der Waals surface area contributed by atoms with E-state index in [1.807, 2.05) is 88.5 Å². The van der Waals surface area contributed by atoms with Crippen LogP contribution in [0.2, 0.25) is 0 Å². The molecule has 0 bridgehead atoms. The zero-order chi connectivity index (χ0) is 33.3. The summed E-state index contributed by atoms with van der Waals surface area (Å²) in [5.41, 5.74) is 8.52. The van der Waals surface area contributed by atoms with Crippen molar-refractivity contribution in [3.8, 4) is 0 Å². The number of aliphatic hydroxyl groups excluding tert-OH is 2. The first-order valence-electron chi connectivity index (χ1n) is 15.6. The Hall–Kier alpha value is -3.27. The molecule has 0 heterocycles. The van der Waals surface area contributed by atoms with E-state index in [2.05, 4.69) is 51.7 Å². The van der Waals surface area contributed by atoms with Gasteiger partial charge in [-0.1, -0.05) is 117 Å². The van der Waals surface area contributed by atoms with E-state index in [1.54, 1.807) is 13.8 Å². The lowest BCUT2D eigenvalue weighted by Gasteiger charge is -2.43. The predicted molar refractivity (Wildman–Crippen MR) is 185 cm³/mol. The highest BCUT2D eigenvalue weighted by atomic mass is 16.3. The zero-order valence-electron chi connectivity index (χ0n) is 28.5. The first-order chi connectivity index (χ1) is 20.4. The lowest BCUT2D eigenvalue weighted by atomic mass is 9.65. The molecule has 2 aliphatic carbocycles. The van der Waals surface area contributed by atoms with E-state index in [0.717, 1.165) is 33.4 Å². The summed E-state index contributed by atoms with van der Waals surface area (Å²) in [5.74, 6) is -0.174. The number of Topliss-reactive ketones (excluding diaryl/α,β-unsaturated/α-hetero) is 1. The van der Waals surface area contributed by atoms with Crippen LogP contribution in [0.1, 0.15) is 88.5 Å². The molecule has 0 amide bonds. The molecule has 238 valence electrons. The summed E-state index contributed by atoms with van der Waals surface area (Å²) in [6.07, 6.45) is 26.3. The molecule has 0 aromatic rings. The molecule has 1 fully saturated rings. The predicted octanol–water partition coefficient (Wildman–Crippen LogP) is 8.69. The largest absolute Gasteiger partial charge is 0.393 e. The number of rotatable bonds is 9. The molecule has 4 heteroatoms. The normalized spacial score (nSPS) is 27.4. The van der Waals surface area contributed by atoms with Gasteiger partial charge in [-0.25, -0.2) is 0 Å². The van der Waals surface area contributed by atoms with Gasteiger partial charge in [0.25, 0.3) is 0 Å². The number of hydrogen-bond acceptors (Lipinski definition) is 4. The number of aliphatic hydroxyl groups is 3. The van der Waals surface area contributed by atoms with Gasteiger partial charge < -0.3 is 15.3 Å². The van der Waals surface area contributed by atoms with Crippen molar-refractivity contribution >= 4 is 5.78 Å². The van der Waals surface area contributed by atoms with Gasteiger partial charge in [-0.05, 0) is 88.0 Å².